The molecule has 2 heteroatoms. The number of rotatable bonds is 3. The molecule has 0 radical (unpaired) electrons. The Bertz CT molecular complexity index is 416. The van der Waals surface area contributed by atoms with E-state index in [0.717, 1.165) is 24.2 Å². The standard InChI is InChI=1S/C20H35NO/c1-5-15-7-8-16-12-21(13-17(16)11-15)20(3,4)18-9-6-14(2)10-19(18)22/h7-8,14-19,22H,5-6,9-13H2,1-4H3/t14-,15+,16+,17+,18-,19-/m1/s1. The van der Waals surface area contributed by atoms with Gasteiger partial charge < -0.3 is 5.11 Å². The summed E-state index contributed by atoms with van der Waals surface area (Å²) in [6.07, 6.45) is 11.0. The van der Waals surface area contributed by atoms with Gasteiger partial charge in [-0.2, -0.15) is 0 Å². The van der Waals surface area contributed by atoms with Crippen molar-refractivity contribution in [2.45, 2.75) is 71.4 Å². The van der Waals surface area contributed by atoms with Gasteiger partial charge in [0.15, 0.2) is 0 Å². The Kier molecular flexibility index (Phi) is 4.71. The van der Waals surface area contributed by atoms with Gasteiger partial charge in [-0.05, 0) is 63.2 Å². The number of fused-ring (bicyclic) bond motifs is 1. The lowest BCUT2D eigenvalue weighted by molar-refractivity contribution is -0.0383. The molecule has 1 N–H and O–H groups in total. The van der Waals surface area contributed by atoms with E-state index in [1.165, 1.54) is 38.8 Å². The van der Waals surface area contributed by atoms with Crippen molar-refractivity contribution in [1.82, 2.24) is 4.90 Å². The molecule has 0 aromatic carbocycles. The number of aliphatic hydroxyl groups excluding tert-OH is 1. The van der Waals surface area contributed by atoms with Gasteiger partial charge in [0.05, 0.1) is 6.10 Å². The lowest BCUT2D eigenvalue weighted by Crippen LogP contribution is -2.53. The molecule has 2 aliphatic carbocycles. The van der Waals surface area contributed by atoms with Crippen molar-refractivity contribution >= 4 is 0 Å². The van der Waals surface area contributed by atoms with Gasteiger partial charge in [-0.25, -0.2) is 0 Å². The van der Waals surface area contributed by atoms with Gasteiger partial charge in [-0.3, -0.25) is 4.90 Å². The Labute approximate surface area is 137 Å². The predicted molar refractivity (Wildman–Crippen MR) is 92.7 cm³/mol. The second-order valence-corrected chi connectivity index (χ2v) is 8.86. The highest BCUT2D eigenvalue weighted by atomic mass is 16.3. The van der Waals surface area contributed by atoms with Crippen molar-refractivity contribution in [3.8, 4) is 0 Å². The molecule has 0 unspecified atom stereocenters. The molecule has 2 nitrogen and oxygen atoms in total. The van der Waals surface area contributed by atoms with Gasteiger partial charge in [0.1, 0.15) is 0 Å². The van der Waals surface area contributed by atoms with Gasteiger partial charge >= 0.3 is 0 Å². The molecule has 3 rings (SSSR count). The fourth-order valence-electron chi connectivity index (χ4n) is 5.31. The summed E-state index contributed by atoms with van der Waals surface area (Å²) < 4.78 is 0. The third kappa shape index (κ3) is 3.01. The van der Waals surface area contributed by atoms with E-state index < -0.39 is 0 Å². The monoisotopic (exact) mass is 305 g/mol. The lowest BCUT2D eigenvalue weighted by Gasteiger charge is -2.47. The van der Waals surface area contributed by atoms with Crippen LogP contribution in [0.5, 0.6) is 0 Å². The molecule has 1 heterocycles. The Morgan fingerprint density at radius 2 is 1.91 bits per heavy atom. The third-order valence-corrected chi connectivity index (χ3v) is 7.05. The van der Waals surface area contributed by atoms with E-state index in [1.807, 2.05) is 0 Å². The maximum absolute atomic E-state index is 10.6. The SMILES string of the molecule is CC[C@H]1C=C[C@H]2CN(C(C)(C)[C@@H]3CC[C@@H](C)C[C@H]3O)C[C@@H]2C1. The molecule has 126 valence electrons. The third-order valence-electron chi connectivity index (χ3n) is 7.05. The average Bonchev–Trinajstić information content (AvgIpc) is 2.90. The number of nitrogens with zero attached hydrogens (tertiary/aromatic N) is 1. The van der Waals surface area contributed by atoms with E-state index in [-0.39, 0.29) is 11.6 Å². The minimum Gasteiger partial charge on any atom is -0.393 e. The zero-order valence-electron chi connectivity index (χ0n) is 15.0. The summed E-state index contributed by atoms with van der Waals surface area (Å²) >= 11 is 0. The van der Waals surface area contributed by atoms with E-state index in [4.69, 9.17) is 0 Å². The van der Waals surface area contributed by atoms with Gasteiger partial charge in [-0.15, -0.1) is 0 Å². The van der Waals surface area contributed by atoms with Gasteiger partial charge in [0, 0.05) is 24.5 Å². The van der Waals surface area contributed by atoms with Crippen LogP contribution in [0.1, 0.15) is 59.8 Å². The first-order chi connectivity index (χ1) is 10.4. The van der Waals surface area contributed by atoms with Crippen LogP contribution in [0.15, 0.2) is 12.2 Å². The lowest BCUT2D eigenvalue weighted by atomic mass is 9.71. The topological polar surface area (TPSA) is 23.5 Å². The summed E-state index contributed by atoms with van der Waals surface area (Å²) in [5.74, 6) is 3.52. The number of likely N-dealkylation sites (tertiary alicyclic amines) is 1. The van der Waals surface area contributed by atoms with Crippen molar-refractivity contribution in [1.29, 1.82) is 0 Å². The highest BCUT2D eigenvalue weighted by molar-refractivity contribution is 5.08. The minimum atomic E-state index is -0.111. The van der Waals surface area contributed by atoms with Gasteiger partial charge in [0.25, 0.3) is 0 Å². The molecule has 0 bridgehead atoms. The van der Waals surface area contributed by atoms with Gasteiger partial charge in [0.2, 0.25) is 0 Å². The van der Waals surface area contributed by atoms with Crippen molar-refractivity contribution in [3.63, 3.8) is 0 Å². The van der Waals surface area contributed by atoms with Crippen LogP contribution < -0.4 is 0 Å². The molecule has 0 aromatic rings. The fraction of sp³-hybridized carbons (Fsp3) is 0.900. The zero-order valence-corrected chi connectivity index (χ0v) is 15.0. The summed E-state index contributed by atoms with van der Waals surface area (Å²) in [6.45, 7) is 11.8. The molecule has 22 heavy (non-hydrogen) atoms. The quantitative estimate of drug-likeness (QED) is 0.794. The summed E-state index contributed by atoms with van der Waals surface area (Å²) in [5.41, 5.74) is 0.131. The number of hydrogen-bond acceptors (Lipinski definition) is 2. The van der Waals surface area contributed by atoms with Crippen molar-refractivity contribution in [2.75, 3.05) is 13.1 Å². The van der Waals surface area contributed by atoms with Crippen LogP contribution in [0.4, 0.5) is 0 Å². The second-order valence-electron chi connectivity index (χ2n) is 8.86. The molecule has 3 aliphatic rings. The Morgan fingerprint density at radius 1 is 1.14 bits per heavy atom. The molecule has 1 aliphatic heterocycles. The van der Waals surface area contributed by atoms with Crippen LogP contribution in [0.3, 0.4) is 0 Å². The highest BCUT2D eigenvalue weighted by Crippen LogP contribution is 2.44. The van der Waals surface area contributed by atoms with Crippen LogP contribution in [0.25, 0.3) is 0 Å². The molecular formula is C20H35NO. The van der Waals surface area contributed by atoms with Gasteiger partial charge in [-0.1, -0.05) is 32.4 Å². The zero-order chi connectivity index (χ0) is 15.9. The van der Waals surface area contributed by atoms with Crippen LogP contribution in [0.2, 0.25) is 0 Å². The predicted octanol–water partition coefficient (Wildman–Crippen LogP) is 4.10. The Morgan fingerprint density at radius 3 is 2.59 bits per heavy atom. The second kappa shape index (κ2) is 6.28. The Hall–Kier alpha value is -0.340. The number of allylic oxidation sites excluding steroid dienone is 1. The highest BCUT2D eigenvalue weighted by Gasteiger charge is 2.46. The summed E-state index contributed by atoms with van der Waals surface area (Å²) in [6, 6.07) is 0. The van der Waals surface area contributed by atoms with E-state index in [1.54, 1.807) is 0 Å². The van der Waals surface area contributed by atoms with Crippen LogP contribution >= 0.6 is 0 Å². The molecule has 1 saturated heterocycles. The maximum atomic E-state index is 10.6. The van der Waals surface area contributed by atoms with Crippen LogP contribution in [-0.2, 0) is 0 Å². The van der Waals surface area contributed by atoms with E-state index in [0.29, 0.717) is 11.8 Å². The number of aliphatic hydroxyl groups is 1. The molecule has 0 aromatic heterocycles. The maximum Gasteiger partial charge on any atom is 0.0588 e. The van der Waals surface area contributed by atoms with E-state index in [9.17, 15) is 5.11 Å². The van der Waals surface area contributed by atoms with Crippen LogP contribution in [-0.4, -0.2) is 34.7 Å². The van der Waals surface area contributed by atoms with E-state index in [2.05, 4.69) is 44.7 Å². The summed E-state index contributed by atoms with van der Waals surface area (Å²) in [7, 11) is 0. The first kappa shape index (κ1) is 16.5. The van der Waals surface area contributed by atoms with E-state index >= 15 is 0 Å². The molecular weight excluding hydrogens is 270 g/mol. The average molecular weight is 306 g/mol. The number of hydrogen-bond donors (Lipinski definition) is 1. The van der Waals surface area contributed by atoms with Crippen LogP contribution in [0, 0.1) is 29.6 Å². The van der Waals surface area contributed by atoms with Crippen molar-refractivity contribution in [3.05, 3.63) is 12.2 Å². The van der Waals surface area contributed by atoms with Crippen molar-refractivity contribution < 1.29 is 5.11 Å². The largest absolute Gasteiger partial charge is 0.393 e. The molecule has 1 saturated carbocycles. The summed E-state index contributed by atoms with van der Waals surface area (Å²) in [5, 5.41) is 10.6. The smallest absolute Gasteiger partial charge is 0.0588 e. The molecule has 0 spiro atoms. The molecule has 2 fully saturated rings. The molecule has 0 amide bonds. The van der Waals surface area contributed by atoms with Crippen molar-refractivity contribution in [2.24, 2.45) is 29.6 Å². The summed E-state index contributed by atoms with van der Waals surface area (Å²) in [4.78, 5) is 2.70. The Balaban J connectivity index is 1.68. The molecule has 6 atom stereocenters. The minimum absolute atomic E-state index is 0.111. The first-order valence-corrected chi connectivity index (χ1v) is 9.53. The fourth-order valence-corrected chi connectivity index (χ4v) is 5.31. The normalized spacial score (nSPS) is 43.3. The first-order valence-electron chi connectivity index (χ1n) is 9.53.